The van der Waals surface area contributed by atoms with Crippen LogP contribution in [0.15, 0.2) is 12.7 Å². The molecule has 108 valence electrons. The van der Waals surface area contributed by atoms with Crippen molar-refractivity contribution in [3.05, 3.63) is 12.7 Å². The Kier molecular flexibility index (Phi) is 9.73. The standard InChI is InChI=1S/C9H18N2O.CH4O4S/c1-5-9(12)10-7-6-8-11(2,3)4;1-5-6(2,3)4/h5H,1,6-8H2,2-4H3;1H3,(H,2,3,4). The monoisotopic (exact) mass is 282 g/mol. The fourth-order valence-electron chi connectivity index (χ4n) is 0.837. The molecule has 0 fully saturated rings. The highest BCUT2D eigenvalue weighted by molar-refractivity contribution is 7.80. The van der Waals surface area contributed by atoms with Crippen molar-refractivity contribution < 1.29 is 26.4 Å². The smallest absolute Gasteiger partial charge is 0.243 e. The first-order valence-corrected chi connectivity index (χ1v) is 6.57. The summed E-state index contributed by atoms with van der Waals surface area (Å²) < 4.78 is 32.0. The molecule has 7 nitrogen and oxygen atoms in total. The molecular weight excluding hydrogens is 260 g/mol. The first kappa shape index (κ1) is 19.4. The van der Waals surface area contributed by atoms with E-state index in [4.69, 9.17) is 0 Å². The lowest BCUT2D eigenvalue weighted by atomic mass is 10.3. The second-order valence-corrected chi connectivity index (χ2v) is 5.59. The molecule has 18 heavy (non-hydrogen) atoms. The lowest BCUT2D eigenvalue weighted by Gasteiger charge is -2.23. The molecule has 0 radical (unpaired) electrons. The van der Waals surface area contributed by atoms with Crippen molar-refractivity contribution in [1.29, 1.82) is 0 Å². The van der Waals surface area contributed by atoms with Crippen LogP contribution < -0.4 is 5.32 Å². The van der Waals surface area contributed by atoms with Crippen molar-refractivity contribution in [3.63, 3.8) is 0 Å². The Morgan fingerprint density at radius 1 is 1.44 bits per heavy atom. The van der Waals surface area contributed by atoms with E-state index in [0.29, 0.717) is 0 Å². The Balaban J connectivity index is 0. The third kappa shape index (κ3) is 20.5. The Morgan fingerprint density at radius 3 is 2.17 bits per heavy atom. The Labute approximate surface area is 109 Å². The first-order chi connectivity index (χ1) is 8.02. The lowest BCUT2D eigenvalue weighted by molar-refractivity contribution is -0.870. The summed E-state index contributed by atoms with van der Waals surface area (Å²) in [6.07, 6.45) is 2.30. The second-order valence-electron chi connectivity index (χ2n) is 4.44. The van der Waals surface area contributed by atoms with Crippen LogP contribution in [0.2, 0.25) is 0 Å². The number of hydrogen-bond donors (Lipinski definition) is 1. The van der Waals surface area contributed by atoms with Gasteiger partial charge in [-0.25, -0.2) is 8.42 Å². The molecule has 8 heteroatoms. The molecular formula is C10H22N2O5S. The van der Waals surface area contributed by atoms with Gasteiger partial charge in [0.2, 0.25) is 16.3 Å². The van der Waals surface area contributed by atoms with E-state index < -0.39 is 10.4 Å². The van der Waals surface area contributed by atoms with Gasteiger partial charge in [0, 0.05) is 13.0 Å². The number of nitrogens with zero attached hydrogens (tertiary/aromatic N) is 1. The summed E-state index contributed by atoms with van der Waals surface area (Å²) in [5.74, 6) is -0.0867. The van der Waals surface area contributed by atoms with E-state index >= 15 is 0 Å². The fraction of sp³-hybridized carbons (Fsp3) is 0.700. The van der Waals surface area contributed by atoms with E-state index in [0.717, 1.165) is 31.1 Å². The van der Waals surface area contributed by atoms with Crippen LogP contribution in [0.5, 0.6) is 0 Å². The summed E-state index contributed by atoms with van der Waals surface area (Å²) in [6.45, 7) is 5.18. The van der Waals surface area contributed by atoms with Gasteiger partial charge in [-0.3, -0.25) is 8.98 Å². The molecule has 0 aromatic heterocycles. The molecule has 0 spiro atoms. The van der Waals surface area contributed by atoms with E-state index in [9.17, 15) is 17.8 Å². The third-order valence-corrected chi connectivity index (χ3v) is 2.10. The van der Waals surface area contributed by atoms with Crippen LogP contribution in [0.1, 0.15) is 6.42 Å². The third-order valence-electron chi connectivity index (χ3n) is 1.69. The summed E-state index contributed by atoms with van der Waals surface area (Å²) in [5.41, 5.74) is 0. The molecule has 0 saturated heterocycles. The number of quaternary nitrogens is 1. The van der Waals surface area contributed by atoms with Gasteiger partial charge in [0.1, 0.15) is 0 Å². The van der Waals surface area contributed by atoms with Crippen molar-refractivity contribution in [1.82, 2.24) is 5.32 Å². The molecule has 0 rings (SSSR count). The van der Waals surface area contributed by atoms with Crippen LogP contribution >= 0.6 is 0 Å². The predicted octanol–water partition coefficient (Wildman–Crippen LogP) is -0.522. The predicted molar refractivity (Wildman–Crippen MR) is 67.4 cm³/mol. The van der Waals surface area contributed by atoms with Gasteiger partial charge >= 0.3 is 0 Å². The minimum absolute atomic E-state index is 0.0867. The molecule has 0 aromatic carbocycles. The van der Waals surface area contributed by atoms with E-state index in [2.05, 4.69) is 37.2 Å². The molecule has 0 saturated carbocycles. The molecule has 1 amide bonds. The number of nitrogens with one attached hydrogen (secondary N) is 1. The summed E-state index contributed by atoms with van der Waals surface area (Å²) in [4.78, 5) is 10.7. The highest BCUT2D eigenvalue weighted by atomic mass is 32.3. The molecule has 1 N–H and O–H groups in total. The summed E-state index contributed by atoms with van der Waals surface area (Å²) in [5, 5.41) is 2.74. The maximum Gasteiger partial charge on any atom is 0.243 e. The highest BCUT2D eigenvalue weighted by Crippen LogP contribution is 1.91. The number of rotatable bonds is 6. The highest BCUT2D eigenvalue weighted by Gasteiger charge is 2.05. The van der Waals surface area contributed by atoms with Gasteiger partial charge < -0.3 is 14.4 Å². The fourth-order valence-corrected chi connectivity index (χ4v) is 0.837. The molecule has 0 bridgehead atoms. The number of carbonyl (C=O) groups excluding carboxylic acids is 1. The van der Waals surface area contributed by atoms with Crippen LogP contribution in [0.3, 0.4) is 0 Å². The van der Waals surface area contributed by atoms with Crippen molar-refractivity contribution in [3.8, 4) is 0 Å². The van der Waals surface area contributed by atoms with E-state index in [-0.39, 0.29) is 5.91 Å². The van der Waals surface area contributed by atoms with Crippen molar-refractivity contribution in [2.45, 2.75) is 6.42 Å². The molecule has 0 aliphatic rings. The maximum atomic E-state index is 10.7. The number of amides is 1. The Hall–Kier alpha value is -0.960. The van der Waals surface area contributed by atoms with Gasteiger partial charge in [-0.2, -0.15) is 0 Å². The van der Waals surface area contributed by atoms with Crippen LogP contribution in [-0.2, 0) is 19.4 Å². The lowest BCUT2D eigenvalue weighted by Crippen LogP contribution is -2.37. The van der Waals surface area contributed by atoms with Crippen LogP contribution in [0.4, 0.5) is 0 Å². The number of hydrogen-bond acceptors (Lipinski definition) is 5. The van der Waals surface area contributed by atoms with Crippen LogP contribution in [0.25, 0.3) is 0 Å². The Morgan fingerprint density at radius 2 is 1.89 bits per heavy atom. The summed E-state index contributed by atoms with van der Waals surface area (Å²) >= 11 is 0. The second kappa shape index (κ2) is 9.03. The number of carbonyl (C=O) groups is 1. The van der Waals surface area contributed by atoms with Gasteiger partial charge in [0.15, 0.2) is 0 Å². The van der Waals surface area contributed by atoms with Gasteiger partial charge in [0.05, 0.1) is 34.8 Å². The normalized spacial score (nSPS) is 11.2. The maximum absolute atomic E-state index is 10.7. The zero-order valence-electron chi connectivity index (χ0n) is 11.3. The van der Waals surface area contributed by atoms with Crippen LogP contribution in [0, 0.1) is 0 Å². The topological polar surface area (TPSA) is 95.5 Å². The minimum Gasteiger partial charge on any atom is -0.726 e. The largest absolute Gasteiger partial charge is 0.726 e. The molecule has 0 aliphatic heterocycles. The molecule has 0 aliphatic carbocycles. The van der Waals surface area contributed by atoms with Crippen molar-refractivity contribution in [2.75, 3.05) is 41.3 Å². The van der Waals surface area contributed by atoms with Gasteiger partial charge in [-0.05, 0) is 6.08 Å². The van der Waals surface area contributed by atoms with Crippen molar-refractivity contribution in [2.24, 2.45) is 0 Å². The first-order valence-electron chi connectivity index (χ1n) is 5.24. The van der Waals surface area contributed by atoms with E-state index in [1.54, 1.807) is 0 Å². The van der Waals surface area contributed by atoms with Gasteiger partial charge in [-0.15, -0.1) is 0 Å². The van der Waals surface area contributed by atoms with Crippen molar-refractivity contribution >= 4 is 16.3 Å². The average molecular weight is 282 g/mol. The SMILES string of the molecule is C=CC(=O)NCCC[N+](C)(C)C.COS(=O)(=O)[O-]. The summed E-state index contributed by atoms with van der Waals surface area (Å²) in [7, 11) is 2.80. The van der Waals surface area contributed by atoms with Gasteiger partial charge in [-0.1, -0.05) is 6.58 Å². The quantitative estimate of drug-likeness (QED) is 0.232. The molecule has 0 heterocycles. The van der Waals surface area contributed by atoms with Crippen LogP contribution in [-0.4, -0.2) is 64.7 Å². The summed E-state index contributed by atoms with van der Waals surface area (Å²) in [6, 6.07) is 0. The molecule has 0 atom stereocenters. The van der Waals surface area contributed by atoms with Gasteiger partial charge in [0.25, 0.3) is 0 Å². The zero-order chi connectivity index (χ0) is 14.8. The average Bonchev–Trinajstić information content (AvgIpc) is 2.22. The molecule has 0 unspecified atom stereocenters. The minimum atomic E-state index is -4.41. The Bertz CT molecular complexity index is 346. The van der Waals surface area contributed by atoms with E-state index in [1.807, 2.05) is 0 Å². The zero-order valence-corrected chi connectivity index (χ0v) is 12.1. The molecule has 0 aromatic rings. The van der Waals surface area contributed by atoms with E-state index in [1.165, 1.54) is 6.08 Å².